The molecule has 598 valence electrons. The van der Waals surface area contributed by atoms with Crippen LogP contribution >= 0.6 is 15.9 Å². The third kappa shape index (κ3) is 51.1. The van der Waals surface area contributed by atoms with E-state index in [0.717, 1.165) is 175 Å². The summed E-state index contributed by atoms with van der Waals surface area (Å²) in [4.78, 5) is 41.8. The van der Waals surface area contributed by atoms with Crippen molar-refractivity contribution in [2.45, 2.75) is 283 Å². The van der Waals surface area contributed by atoms with Crippen LogP contribution in [-0.4, -0.2) is 232 Å². The van der Waals surface area contributed by atoms with Gasteiger partial charge in [-0.3, -0.25) is 14.4 Å². The van der Waals surface area contributed by atoms with Gasteiger partial charge in [-0.2, -0.15) is 0 Å². The molecule has 27 heteroatoms. The summed E-state index contributed by atoms with van der Waals surface area (Å²) in [5.41, 5.74) is -2.48. The number of rotatable bonds is 15. The second kappa shape index (κ2) is 65.7. The maximum atomic E-state index is 12.6. The number of carboxylic acids is 2. The summed E-state index contributed by atoms with van der Waals surface area (Å²) in [5.74, 6) is -0.680. The van der Waals surface area contributed by atoms with E-state index >= 15 is 0 Å². The van der Waals surface area contributed by atoms with Gasteiger partial charge in [-0.05, 0) is 155 Å². The third-order valence-electron chi connectivity index (χ3n) is 20.5. The summed E-state index contributed by atoms with van der Waals surface area (Å²) in [7, 11) is 0. The number of nitrogens with zero attached hydrogens (tertiary/aromatic N) is 4. The Kier molecular flexibility index (Phi) is 87.4. The molecule has 0 radical (unpaired) electrons. The van der Waals surface area contributed by atoms with Crippen molar-refractivity contribution in [3.8, 4) is 0 Å². The molecule has 8 N–H and O–H groups in total. The number of likely N-dealkylation sites (tertiary alicyclic amines) is 2. The number of ether oxygens (including phenoxy) is 3. The van der Waals surface area contributed by atoms with Crippen molar-refractivity contribution in [3.05, 3.63) is 0 Å². The van der Waals surface area contributed by atoms with Crippen molar-refractivity contribution in [3.63, 3.8) is 0 Å². The van der Waals surface area contributed by atoms with E-state index in [-0.39, 0.29) is 378 Å². The van der Waals surface area contributed by atoms with Gasteiger partial charge >= 0.3 is 11.9 Å². The monoisotopic (exact) mass is 1660 g/mol. The number of carbonyl (C=O) groups is 3. The predicted octanol–water partition coefficient (Wildman–Crippen LogP) is 11.6. The molecule has 97 heavy (non-hydrogen) atoms. The first-order valence-electron chi connectivity index (χ1n) is 33.1. The fourth-order valence-corrected chi connectivity index (χ4v) is 12.3. The van der Waals surface area contributed by atoms with Crippen LogP contribution < -0.4 is 10.6 Å². The Morgan fingerprint density at radius 3 is 1.34 bits per heavy atom. The van der Waals surface area contributed by atoms with Crippen LogP contribution in [0.3, 0.4) is 0 Å². The number of carboxylic acid groups (broad SMARTS) is 2. The molecule has 8 unspecified atom stereocenters. The van der Waals surface area contributed by atoms with Crippen LogP contribution in [0.25, 0.3) is 0 Å². The van der Waals surface area contributed by atoms with Gasteiger partial charge in [0.05, 0.1) is 53.6 Å². The standard InChI is InChI=1S/C19H35NO3.C18H36N2O2.C11H21NO3.C8H17NO.C7H15NO.C3H5BrO2.4CH4.8Ar/c1-5-16-14-20(11-6-12-23-16)17(21)8-7-15-9-10-19(4,22)18(2,3)13-15;1-5-16-14-19(11-7-13-22-16)9-6-10-20-12-8-18(4,21)17(2,3)15-20;1-10(2)8-12(6-4-9(13)14)7-5-11(10,3)15;1-7(2)6-9-5-4-8(7,3)10;1-2-7-6-8-4-3-5-9-7;4-2-1-3(5)6;;;;;;;;;;;;/h15-16,22H,5-14H2,1-4H3;16,21H,5-15H2,1-4H3;15H,4-8H2,1-3H3,(H,13,14);9-10H,4-6H2,1-3H3;7-8H,2-6H2,1H3;1-2H2,(H,5,6);4*1H4;;;;;;;;. The Morgan fingerprint density at radius 1 is 0.485 bits per heavy atom. The Labute approximate surface area is 843 Å². The number of halogens is 1. The average molecular weight is 1660 g/mol. The largest absolute Gasteiger partial charge is 0.481 e. The zero-order valence-corrected chi connectivity index (χ0v) is 66.6. The molecule has 8 atom stereocenters. The van der Waals surface area contributed by atoms with Crippen molar-refractivity contribution in [1.82, 2.24) is 30.2 Å². The molecule has 6 saturated heterocycles. The zero-order valence-electron chi connectivity index (χ0n) is 59.4. The minimum Gasteiger partial charge on any atom is -0.481 e. The topological polar surface area (TPSA) is 237 Å². The fourth-order valence-electron chi connectivity index (χ4n) is 12.0. The molecule has 7 fully saturated rings. The summed E-state index contributed by atoms with van der Waals surface area (Å²) in [6.07, 6.45) is 16.1. The van der Waals surface area contributed by atoms with Crippen LogP contribution in [0.2, 0.25) is 0 Å². The number of carbonyl (C=O) groups excluding carboxylic acids is 1. The van der Waals surface area contributed by atoms with Gasteiger partial charge in [0, 0.05) is 422 Å². The summed E-state index contributed by atoms with van der Waals surface area (Å²) in [6, 6.07) is 0. The summed E-state index contributed by atoms with van der Waals surface area (Å²) in [6.45, 7) is 48.1. The normalized spacial score (nSPS) is 28.3. The van der Waals surface area contributed by atoms with Crippen molar-refractivity contribution >= 4 is 33.8 Å². The van der Waals surface area contributed by atoms with Gasteiger partial charge in [-0.15, -0.1) is 0 Å². The molecular weight excluding hydrogens is 1520 g/mol. The molecule has 6 heterocycles. The minimum atomic E-state index is -0.759. The predicted molar refractivity (Wildman–Crippen MR) is 373 cm³/mol. The van der Waals surface area contributed by atoms with Gasteiger partial charge in [0.15, 0.2) is 0 Å². The van der Waals surface area contributed by atoms with Crippen LogP contribution in [0.15, 0.2) is 0 Å². The molecule has 6 aliphatic heterocycles. The quantitative estimate of drug-likeness (QED) is 0.0712. The van der Waals surface area contributed by atoms with Crippen molar-refractivity contribution < 1.29 is 361 Å². The Hall–Kier alpha value is 8.49. The number of hydrogen-bond donors (Lipinski definition) is 8. The van der Waals surface area contributed by atoms with Gasteiger partial charge < -0.3 is 75.1 Å². The maximum absolute atomic E-state index is 12.6. The van der Waals surface area contributed by atoms with Gasteiger partial charge in [-0.1, -0.05) is 122 Å². The Morgan fingerprint density at radius 2 is 0.918 bits per heavy atom. The van der Waals surface area contributed by atoms with Crippen LogP contribution in [0, 0.1) is 329 Å². The number of piperidine rings is 3. The van der Waals surface area contributed by atoms with E-state index in [1.165, 1.54) is 19.5 Å². The molecule has 1 amide bonds. The molecule has 0 bridgehead atoms. The number of alkyl halides is 1. The van der Waals surface area contributed by atoms with Crippen LogP contribution in [0.1, 0.15) is 243 Å². The van der Waals surface area contributed by atoms with E-state index in [2.05, 4.69) is 104 Å². The summed E-state index contributed by atoms with van der Waals surface area (Å²) < 4.78 is 17.1. The molecule has 7 aliphatic rings. The van der Waals surface area contributed by atoms with E-state index in [0.29, 0.717) is 42.8 Å². The molecule has 0 aromatic heterocycles. The fraction of sp³-hybridized carbons (Fsp3) is 0.957. The van der Waals surface area contributed by atoms with Gasteiger partial charge in [-0.25, -0.2) is 0 Å². The maximum Gasteiger partial charge on any atom is 0.304 e. The van der Waals surface area contributed by atoms with Crippen molar-refractivity contribution in [2.75, 3.05) is 123 Å². The summed E-state index contributed by atoms with van der Waals surface area (Å²) >= 11 is 2.97. The Bertz CT molecular complexity index is 1900. The molecule has 0 aromatic rings. The number of aliphatic hydroxyl groups is 4. The molecule has 0 aromatic carbocycles. The number of aliphatic carboxylic acids is 2. The van der Waals surface area contributed by atoms with Crippen LogP contribution in [0.5, 0.6) is 0 Å². The van der Waals surface area contributed by atoms with Gasteiger partial charge in [0.2, 0.25) is 5.91 Å². The average Bonchev–Trinajstić information content (AvgIpc) is 1.04. The van der Waals surface area contributed by atoms with E-state index in [4.69, 9.17) is 24.4 Å². The van der Waals surface area contributed by atoms with E-state index in [9.17, 15) is 34.8 Å². The molecule has 1 aliphatic carbocycles. The first-order chi connectivity index (χ1) is 39.5. The SMILES string of the molecule is C.C.C.C.CC1(C)CN(CCC(=O)O)CCC1(C)O.CC1(C)CNCCC1(C)O.CCC1CN(C(=O)CCC2CCC(C)(O)C(C)(C)C2)CCCO1.CCC1CN(CCCN2CCC(C)(O)C(C)(C)C2)CCCO1.CCC1CNCCCO1.O=C(O)CCBr.[Ar].[Ar].[Ar].[Ar].[Ar].[Ar].[Ar].[Ar]. The minimum absolute atomic E-state index is 0. The van der Waals surface area contributed by atoms with E-state index < -0.39 is 34.3 Å². The van der Waals surface area contributed by atoms with Crippen LogP contribution in [0.4, 0.5) is 0 Å². The summed E-state index contributed by atoms with van der Waals surface area (Å²) in [5, 5.41) is 64.6. The number of hydrogen-bond acceptors (Lipinski definition) is 15. The van der Waals surface area contributed by atoms with Gasteiger partial charge in [0.25, 0.3) is 0 Å². The number of amides is 1. The van der Waals surface area contributed by atoms with Crippen molar-refractivity contribution in [2.24, 2.45) is 27.6 Å². The second-order valence-corrected chi connectivity index (χ2v) is 30.0. The van der Waals surface area contributed by atoms with E-state index in [1.807, 2.05) is 46.4 Å². The van der Waals surface area contributed by atoms with Gasteiger partial charge in [0.1, 0.15) is 0 Å². The number of nitrogens with one attached hydrogen (secondary N) is 2. The Balaban J connectivity index is -0.000000104. The first kappa shape index (κ1) is 129. The first-order valence-corrected chi connectivity index (χ1v) is 34.2. The van der Waals surface area contributed by atoms with Crippen molar-refractivity contribution in [1.29, 1.82) is 0 Å². The molecule has 0 spiro atoms. The molecule has 7 rings (SSSR count). The van der Waals surface area contributed by atoms with E-state index in [1.54, 1.807) is 0 Å². The van der Waals surface area contributed by atoms with Crippen LogP contribution in [-0.2, 0) is 28.6 Å². The smallest absolute Gasteiger partial charge is 0.304 e. The zero-order chi connectivity index (χ0) is 64.3. The molecule has 18 nitrogen and oxygen atoms in total. The molecular formula is C70H145Ar8BrN6O12. The third-order valence-corrected chi connectivity index (χ3v) is 20.9. The molecule has 1 saturated carbocycles. The second-order valence-electron chi connectivity index (χ2n) is 29.2.